The maximum atomic E-state index is 11.9. The predicted molar refractivity (Wildman–Crippen MR) is 59.4 cm³/mol. The lowest BCUT2D eigenvalue weighted by Crippen LogP contribution is -2.37. The number of hydrogen-bond acceptors (Lipinski definition) is 3. The van der Waals surface area contributed by atoms with Crippen LogP contribution in [0.5, 0.6) is 0 Å². The molecule has 0 aromatic rings. The van der Waals surface area contributed by atoms with Gasteiger partial charge < -0.3 is 15.4 Å². The Morgan fingerprint density at radius 2 is 2.33 bits per heavy atom. The van der Waals surface area contributed by atoms with Crippen LogP contribution in [-0.2, 0) is 9.53 Å². The minimum absolute atomic E-state index is 0.0509. The highest BCUT2D eigenvalue weighted by atomic mass is 16.5. The van der Waals surface area contributed by atoms with Crippen molar-refractivity contribution >= 4 is 5.91 Å². The highest BCUT2D eigenvalue weighted by molar-refractivity contribution is 5.79. The summed E-state index contributed by atoms with van der Waals surface area (Å²) in [4.78, 5) is 13.7. The second kappa shape index (κ2) is 5.47. The number of carbonyl (C=O) groups excluding carboxylic acids is 1. The van der Waals surface area contributed by atoms with E-state index >= 15 is 0 Å². The molecular formula is C11H22N2O2. The summed E-state index contributed by atoms with van der Waals surface area (Å²) in [6.07, 6.45) is 1.07. The number of amides is 1. The third-order valence-corrected chi connectivity index (χ3v) is 2.91. The van der Waals surface area contributed by atoms with Gasteiger partial charge in [-0.2, -0.15) is 0 Å². The van der Waals surface area contributed by atoms with E-state index < -0.39 is 0 Å². The van der Waals surface area contributed by atoms with E-state index in [1.807, 2.05) is 14.0 Å². The van der Waals surface area contributed by atoms with E-state index in [-0.39, 0.29) is 17.9 Å². The van der Waals surface area contributed by atoms with Gasteiger partial charge in [0.05, 0.1) is 18.6 Å². The molecule has 0 aromatic heterocycles. The van der Waals surface area contributed by atoms with Crippen molar-refractivity contribution in [1.82, 2.24) is 4.90 Å². The Kier molecular flexibility index (Phi) is 4.54. The summed E-state index contributed by atoms with van der Waals surface area (Å²) in [5.41, 5.74) is 5.53. The van der Waals surface area contributed by atoms with Crippen LogP contribution in [0.1, 0.15) is 20.3 Å². The van der Waals surface area contributed by atoms with E-state index in [0.717, 1.165) is 13.0 Å². The van der Waals surface area contributed by atoms with Crippen LogP contribution in [0, 0.1) is 11.8 Å². The topological polar surface area (TPSA) is 55.6 Å². The molecule has 88 valence electrons. The second-order valence-corrected chi connectivity index (χ2v) is 4.64. The van der Waals surface area contributed by atoms with E-state index in [1.165, 1.54) is 0 Å². The van der Waals surface area contributed by atoms with Gasteiger partial charge in [0.1, 0.15) is 0 Å². The van der Waals surface area contributed by atoms with Crippen molar-refractivity contribution < 1.29 is 9.53 Å². The number of ether oxygens (including phenoxy) is 1. The largest absolute Gasteiger partial charge is 0.378 e. The van der Waals surface area contributed by atoms with Crippen molar-refractivity contribution in [2.24, 2.45) is 17.6 Å². The molecule has 2 N–H and O–H groups in total. The molecule has 0 aliphatic carbocycles. The average Bonchev–Trinajstić information content (AvgIpc) is 2.63. The molecule has 4 nitrogen and oxygen atoms in total. The molecule has 1 aliphatic rings. The first kappa shape index (κ1) is 12.5. The fraction of sp³-hybridized carbons (Fsp3) is 0.909. The van der Waals surface area contributed by atoms with Crippen LogP contribution in [0.25, 0.3) is 0 Å². The molecule has 1 heterocycles. The van der Waals surface area contributed by atoms with Crippen LogP contribution < -0.4 is 5.73 Å². The SMILES string of the molecule is CC(CN)CN(C)C(=O)C1COC(C)C1. The first-order chi connectivity index (χ1) is 7.04. The van der Waals surface area contributed by atoms with Gasteiger partial charge in [-0.25, -0.2) is 0 Å². The van der Waals surface area contributed by atoms with Crippen LogP contribution in [0.15, 0.2) is 0 Å². The van der Waals surface area contributed by atoms with Crippen molar-refractivity contribution in [2.45, 2.75) is 26.4 Å². The summed E-state index contributed by atoms with van der Waals surface area (Å²) in [7, 11) is 1.84. The second-order valence-electron chi connectivity index (χ2n) is 4.64. The molecular weight excluding hydrogens is 192 g/mol. The normalized spacial score (nSPS) is 27.7. The molecule has 0 bridgehead atoms. The fourth-order valence-corrected chi connectivity index (χ4v) is 1.93. The lowest BCUT2D eigenvalue weighted by Gasteiger charge is -2.23. The van der Waals surface area contributed by atoms with Crippen molar-refractivity contribution in [3.63, 3.8) is 0 Å². The average molecular weight is 214 g/mol. The van der Waals surface area contributed by atoms with Gasteiger partial charge in [0.25, 0.3) is 0 Å². The lowest BCUT2D eigenvalue weighted by molar-refractivity contribution is -0.134. The molecule has 3 unspecified atom stereocenters. The molecule has 0 spiro atoms. The van der Waals surface area contributed by atoms with Gasteiger partial charge in [-0.05, 0) is 25.8 Å². The Labute approximate surface area is 91.8 Å². The summed E-state index contributed by atoms with van der Waals surface area (Å²) < 4.78 is 5.40. The zero-order valence-electron chi connectivity index (χ0n) is 9.90. The molecule has 1 saturated heterocycles. The van der Waals surface area contributed by atoms with Crippen molar-refractivity contribution in [3.05, 3.63) is 0 Å². The summed E-state index contributed by atoms with van der Waals surface area (Å²) in [6.45, 7) is 5.99. The van der Waals surface area contributed by atoms with E-state index in [1.54, 1.807) is 4.90 Å². The molecule has 0 aromatic carbocycles. The predicted octanol–water partition coefficient (Wildman–Crippen LogP) is 0.465. The first-order valence-electron chi connectivity index (χ1n) is 5.61. The minimum Gasteiger partial charge on any atom is -0.378 e. The Balaban J connectivity index is 2.39. The van der Waals surface area contributed by atoms with Crippen LogP contribution in [0.2, 0.25) is 0 Å². The first-order valence-corrected chi connectivity index (χ1v) is 5.61. The van der Waals surface area contributed by atoms with Crippen molar-refractivity contribution in [2.75, 3.05) is 26.7 Å². The van der Waals surface area contributed by atoms with E-state index in [9.17, 15) is 4.79 Å². The fourth-order valence-electron chi connectivity index (χ4n) is 1.93. The zero-order valence-corrected chi connectivity index (χ0v) is 9.90. The van der Waals surface area contributed by atoms with Gasteiger partial charge in [-0.1, -0.05) is 6.92 Å². The summed E-state index contributed by atoms with van der Waals surface area (Å²) in [5.74, 6) is 0.605. The summed E-state index contributed by atoms with van der Waals surface area (Å²) in [5, 5.41) is 0. The monoisotopic (exact) mass is 214 g/mol. The van der Waals surface area contributed by atoms with E-state index in [2.05, 4.69) is 6.92 Å². The zero-order chi connectivity index (χ0) is 11.4. The lowest BCUT2D eigenvalue weighted by atomic mass is 10.0. The number of nitrogens with two attached hydrogens (primary N) is 1. The molecule has 15 heavy (non-hydrogen) atoms. The Bertz CT molecular complexity index is 221. The highest BCUT2D eigenvalue weighted by Gasteiger charge is 2.30. The molecule has 3 atom stereocenters. The van der Waals surface area contributed by atoms with E-state index in [4.69, 9.17) is 10.5 Å². The molecule has 4 heteroatoms. The Hall–Kier alpha value is -0.610. The van der Waals surface area contributed by atoms with Crippen molar-refractivity contribution in [1.29, 1.82) is 0 Å². The van der Waals surface area contributed by atoms with Gasteiger partial charge in [0.2, 0.25) is 5.91 Å². The highest BCUT2D eigenvalue weighted by Crippen LogP contribution is 2.21. The van der Waals surface area contributed by atoms with Gasteiger partial charge in [-0.3, -0.25) is 4.79 Å². The summed E-state index contributed by atoms with van der Waals surface area (Å²) in [6, 6.07) is 0. The molecule has 1 aliphatic heterocycles. The number of nitrogens with zero attached hydrogens (tertiary/aromatic N) is 1. The number of hydrogen-bond donors (Lipinski definition) is 1. The van der Waals surface area contributed by atoms with E-state index in [0.29, 0.717) is 19.1 Å². The van der Waals surface area contributed by atoms with Crippen LogP contribution in [0.4, 0.5) is 0 Å². The van der Waals surface area contributed by atoms with Crippen molar-refractivity contribution in [3.8, 4) is 0 Å². The van der Waals surface area contributed by atoms with Crippen LogP contribution in [-0.4, -0.2) is 43.7 Å². The molecule has 1 amide bonds. The van der Waals surface area contributed by atoms with Gasteiger partial charge in [0.15, 0.2) is 0 Å². The smallest absolute Gasteiger partial charge is 0.227 e. The Morgan fingerprint density at radius 3 is 2.80 bits per heavy atom. The number of rotatable bonds is 4. The van der Waals surface area contributed by atoms with Gasteiger partial charge in [0, 0.05) is 13.6 Å². The molecule has 1 rings (SSSR count). The maximum absolute atomic E-state index is 11.9. The van der Waals surface area contributed by atoms with Crippen LogP contribution in [0.3, 0.4) is 0 Å². The molecule has 0 saturated carbocycles. The van der Waals surface area contributed by atoms with Gasteiger partial charge in [-0.15, -0.1) is 0 Å². The Morgan fingerprint density at radius 1 is 1.67 bits per heavy atom. The molecule has 1 fully saturated rings. The minimum atomic E-state index is 0.0509. The number of carbonyl (C=O) groups is 1. The summed E-state index contributed by atoms with van der Waals surface area (Å²) >= 11 is 0. The maximum Gasteiger partial charge on any atom is 0.227 e. The third-order valence-electron chi connectivity index (χ3n) is 2.91. The quantitative estimate of drug-likeness (QED) is 0.740. The van der Waals surface area contributed by atoms with Gasteiger partial charge >= 0.3 is 0 Å². The van der Waals surface area contributed by atoms with Crippen LogP contribution >= 0.6 is 0 Å². The third kappa shape index (κ3) is 3.47. The molecule has 0 radical (unpaired) electrons. The standard InChI is InChI=1S/C11H22N2O2/c1-8(5-12)6-13(3)11(14)10-4-9(2)15-7-10/h8-10H,4-7,12H2,1-3H3.